The van der Waals surface area contributed by atoms with Crippen molar-refractivity contribution in [3.63, 3.8) is 0 Å². The minimum absolute atomic E-state index is 0.0173. The second-order valence-electron chi connectivity index (χ2n) is 11.5. The number of para-hydroxylation sites is 1. The van der Waals surface area contributed by atoms with Crippen LogP contribution in [0.25, 0.3) is 0 Å². The maximum atomic E-state index is 13.7. The molecule has 0 bridgehead atoms. The van der Waals surface area contributed by atoms with Crippen molar-refractivity contribution in [2.45, 2.75) is 64.6 Å². The smallest absolute Gasteiger partial charge is 0.258 e. The van der Waals surface area contributed by atoms with Crippen LogP contribution in [0.1, 0.15) is 61.9 Å². The van der Waals surface area contributed by atoms with Crippen LogP contribution in [0.2, 0.25) is 0 Å². The number of aliphatic hydroxyl groups excluding tert-OH is 1. The number of carbonyl (C=O) groups excluding carboxylic acids is 2. The van der Waals surface area contributed by atoms with Gasteiger partial charge in [-0.3, -0.25) is 14.5 Å². The SMILES string of the molecule is C[C@H](CO)N1C[C@H](C)[C@H](CN(C)Cc2ccc3c(c2)OCO3)Oc2c(NC(=O)C3CCCCC3)cccc2C1=O. The van der Waals surface area contributed by atoms with Crippen LogP contribution < -0.4 is 19.5 Å². The van der Waals surface area contributed by atoms with Gasteiger partial charge >= 0.3 is 0 Å². The summed E-state index contributed by atoms with van der Waals surface area (Å²) in [4.78, 5) is 30.8. The van der Waals surface area contributed by atoms with Crippen molar-refractivity contribution in [2.75, 3.05) is 38.9 Å². The molecule has 0 spiro atoms. The first-order chi connectivity index (χ1) is 19.3. The van der Waals surface area contributed by atoms with Crippen molar-refractivity contribution in [1.29, 1.82) is 0 Å². The number of benzene rings is 2. The van der Waals surface area contributed by atoms with Gasteiger partial charge in [0.2, 0.25) is 12.7 Å². The molecule has 3 aliphatic rings. The minimum atomic E-state index is -0.353. The summed E-state index contributed by atoms with van der Waals surface area (Å²) in [5.74, 6) is 1.63. The Bertz CT molecular complexity index is 1210. The number of rotatable bonds is 8. The molecule has 5 rings (SSSR count). The van der Waals surface area contributed by atoms with Crippen molar-refractivity contribution in [1.82, 2.24) is 9.80 Å². The summed E-state index contributed by atoms with van der Waals surface area (Å²) >= 11 is 0. The number of fused-ring (bicyclic) bond motifs is 2. The molecule has 0 radical (unpaired) electrons. The first-order valence-corrected chi connectivity index (χ1v) is 14.4. The molecule has 0 aromatic heterocycles. The molecule has 2 heterocycles. The average molecular weight is 552 g/mol. The zero-order valence-electron chi connectivity index (χ0n) is 23.7. The van der Waals surface area contributed by atoms with Crippen LogP contribution in [0, 0.1) is 11.8 Å². The molecule has 1 aliphatic carbocycles. The molecule has 2 aromatic rings. The van der Waals surface area contributed by atoms with Gasteiger partial charge < -0.3 is 29.5 Å². The highest BCUT2D eigenvalue weighted by Gasteiger charge is 2.35. The van der Waals surface area contributed by atoms with Gasteiger partial charge in [0.15, 0.2) is 17.2 Å². The molecule has 0 saturated heterocycles. The summed E-state index contributed by atoms with van der Waals surface area (Å²) < 4.78 is 17.7. The van der Waals surface area contributed by atoms with E-state index in [1.807, 2.05) is 38.2 Å². The number of hydrogen-bond acceptors (Lipinski definition) is 7. The number of ether oxygens (including phenoxy) is 3. The van der Waals surface area contributed by atoms with Crippen LogP contribution in [0.5, 0.6) is 17.2 Å². The summed E-state index contributed by atoms with van der Waals surface area (Å²) in [6, 6.07) is 10.9. The molecule has 1 fully saturated rings. The maximum absolute atomic E-state index is 13.7. The van der Waals surface area contributed by atoms with E-state index in [-0.39, 0.29) is 49.2 Å². The summed E-state index contributed by atoms with van der Waals surface area (Å²) in [6.45, 7) is 5.73. The largest absolute Gasteiger partial charge is 0.486 e. The van der Waals surface area contributed by atoms with Crippen molar-refractivity contribution in [2.24, 2.45) is 11.8 Å². The minimum Gasteiger partial charge on any atom is -0.486 e. The molecule has 216 valence electrons. The van der Waals surface area contributed by atoms with Crippen molar-refractivity contribution < 1.29 is 28.9 Å². The molecular weight excluding hydrogens is 510 g/mol. The third-order valence-electron chi connectivity index (χ3n) is 8.31. The molecule has 2 aromatic carbocycles. The van der Waals surface area contributed by atoms with Crippen LogP contribution in [0.3, 0.4) is 0 Å². The van der Waals surface area contributed by atoms with Crippen LogP contribution in [0.4, 0.5) is 5.69 Å². The fourth-order valence-corrected chi connectivity index (χ4v) is 5.88. The van der Waals surface area contributed by atoms with Crippen molar-refractivity contribution in [3.05, 3.63) is 47.5 Å². The Morgan fingerprint density at radius 1 is 1.15 bits per heavy atom. The molecule has 9 heteroatoms. The summed E-state index contributed by atoms with van der Waals surface area (Å²) in [5, 5.41) is 13.0. The van der Waals surface area contributed by atoms with Gasteiger partial charge in [-0.25, -0.2) is 0 Å². The molecule has 9 nitrogen and oxygen atoms in total. The maximum Gasteiger partial charge on any atom is 0.258 e. The average Bonchev–Trinajstić information content (AvgIpc) is 3.43. The predicted octanol–water partition coefficient (Wildman–Crippen LogP) is 4.29. The molecular formula is C31H41N3O6. The molecule has 3 atom stereocenters. The van der Waals surface area contributed by atoms with E-state index in [2.05, 4.69) is 17.1 Å². The van der Waals surface area contributed by atoms with Crippen LogP contribution in [-0.4, -0.2) is 72.4 Å². The number of nitrogens with zero attached hydrogens (tertiary/aromatic N) is 2. The van der Waals surface area contributed by atoms with Crippen LogP contribution in [-0.2, 0) is 11.3 Å². The Balaban J connectivity index is 1.40. The normalized spacial score (nSPS) is 21.8. The summed E-state index contributed by atoms with van der Waals surface area (Å²) in [6.07, 6.45) is 4.78. The van der Waals surface area contributed by atoms with E-state index in [9.17, 15) is 14.7 Å². The number of anilines is 1. The van der Waals surface area contributed by atoms with Crippen molar-refractivity contribution >= 4 is 17.5 Å². The zero-order chi connectivity index (χ0) is 28.2. The third-order valence-corrected chi connectivity index (χ3v) is 8.31. The Kier molecular flexibility index (Phi) is 8.81. The number of carbonyl (C=O) groups is 2. The standard InChI is InChI=1S/C31H41N3O6/c1-20-15-34(21(2)18-35)31(37)24-10-7-11-25(32-30(36)23-8-5-4-6-9-23)29(24)40-28(20)17-33(3)16-22-12-13-26-27(14-22)39-19-38-26/h7,10-14,20-21,23,28,35H,4-6,8-9,15-19H2,1-3H3,(H,32,36)/t20-,21+,28-/m0/s1. The topological polar surface area (TPSA) is 101 Å². The van der Waals surface area contributed by atoms with E-state index in [1.165, 1.54) is 6.42 Å². The van der Waals surface area contributed by atoms with E-state index in [4.69, 9.17) is 14.2 Å². The number of likely N-dealkylation sites (N-methyl/N-ethyl adjacent to an activating group) is 1. The highest BCUT2D eigenvalue weighted by atomic mass is 16.7. The lowest BCUT2D eigenvalue weighted by molar-refractivity contribution is -0.120. The van der Waals surface area contributed by atoms with E-state index >= 15 is 0 Å². The van der Waals surface area contributed by atoms with E-state index in [0.717, 1.165) is 42.7 Å². The molecule has 1 saturated carbocycles. The number of amides is 2. The van der Waals surface area contributed by atoms with E-state index < -0.39 is 0 Å². The number of nitrogens with one attached hydrogen (secondary N) is 1. The summed E-state index contributed by atoms with van der Waals surface area (Å²) in [5.41, 5.74) is 2.02. The van der Waals surface area contributed by atoms with E-state index in [1.54, 1.807) is 17.0 Å². The van der Waals surface area contributed by atoms with Gasteiger partial charge in [-0.2, -0.15) is 0 Å². The Morgan fingerprint density at radius 3 is 2.70 bits per heavy atom. The fourth-order valence-electron chi connectivity index (χ4n) is 5.88. The molecule has 0 unspecified atom stereocenters. The lowest BCUT2D eigenvalue weighted by Gasteiger charge is -2.38. The monoisotopic (exact) mass is 551 g/mol. The van der Waals surface area contributed by atoms with Gasteiger partial charge in [0.25, 0.3) is 5.91 Å². The van der Waals surface area contributed by atoms with Gasteiger partial charge in [-0.1, -0.05) is 38.3 Å². The second-order valence-corrected chi connectivity index (χ2v) is 11.5. The van der Waals surface area contributed by atoms with Crippen LogP contribution >= 0.6 is 0 Å². The Labute approximate surface area is 236 Å². The van der Waals surface area contributed by atoms with Gasteiger partial charge in [-0.15, -0.1) is 0 Å². The first kappa shape index (κ1) is 28.2. The highest BCUT2D eigenvalue weighted by Crippen LogP contribution is 2.36. The number of hydrogen-bond donors (Lipinski definition) is 2. The quantitative estimate of drug-likeness (QED) is 0.505. The predicted molar refractivity (Wildman–Crippen MR) is 152 cm³/mol. The summed E-state index contributed by atoms with van der Waals surface area (Å²) in [7, 11) is 2.04. The molecule has 2 aliphatic heterocycles. The third kappa shape index (κ3) is 6.20. The Hall–Kier alpha value is -3.30. The fraction of sp³-hybridized carbons (Fsp3) is 0.548. The van der Waals surface area contributed by atoms with Gasteiger partial charge in [0.05, 0.1) is 23.9 Å². The molecule has 2 N–H and O–H groups in total. The van der Waals surface area contributed by atoms with E-state index in [0.29, 0.717) is 36.6 Å². The molecule has 2 amide bonds. The second kappa shape index (κ2) is 12.5. The van der Waals surface area contributed by atoms with Gasteiger partial charge in [-0.05, 0) is 56.6 Å². The molecule has 40 heavy (non-hydrogen) atoms. The lowest BCUT2D eigenvalue weighted by atomic mass is 9.88. The lowest BCUT2D eigenvalue weighted by Crippen LogP contribution is -2.49. The van der Waals surface area contributed by atoms with Crippen LogP contribution in [0.15, 0.2) is 36.4 Å². The van der Waals surface area contributed by atoms with Gasteiger partial charge in [0.1, 0.15) is 6.10 Å². The Morgan fingerprint density at radius 2 is 1.93 bits per heavy atom. The van der Waals surface area contributed by atoms with Gasteiger partial charge in [0, 0.05) is 31.5 Å². The number of aliphatic hydroxyl groups is 1. The van der Waals surface area contributed by atoms with Crippen molar-refractivity contribution in [3.8, 4) is 17.2 Å². The zero-order valence-corrected chi connectivity index (χ0v) is 23.7. The first-order valence-electron chi connectivity index (χ1n) is 14.4. The highest BCUT2D eigenvalue weighted by molar-refractivity contribution is 6.02.